The molecule has 14 heavy (non-hydrogen) atoms. The smallest absolute Gasteiger partial charge is 0.163 e. The summed E-state index contributed by atoms with van der Waals surface area (Å²) in [7, 11) is 0. The lowest BCUT2D eigenvalue weighted by atomic mass is 9.98. The molecule has 1 aromatic rings. The molecule has 0 fully saturated rings. The lowest BCUT2D eigenvalue weighted by Crippen LogP contribution is -2.07. The van der Waals surface area contributed by atoms with Gasteiger partial charge in [-0.1, -0.05) is 38.1 Å². The number of benzene rings is 1. The Bertz CT molecular complexity index is 318. The fraction of sp³-hybridized carbons (Fsp3) is 0.333. The number of Topliss-reactive ketones (excluding diaryl/α,β-unsaturated/α-hetero) is 2. The van der Waals surface area contributed by atoms with Crippen molar-refractivity contribution in [2.45, 2.75) is 26.7 Å². The van der Waals surface area contributed by atoms with Gasteiger partial charge >= 0.3 is 0 Å². The highest BCUT2D eigenvalue weighted by Gasteiger charge is 2.13. The first-order chi connectivity index (χ1) is 6.70. The van der Waals surface area contributed by atoms with E-state index in [4.69, 9.17) is 0 Å². The molecule has 74 valence electrons. The van der Waals surface area contributed by atoms with Gasteiger partial charge in [0, 0.05) is 24.0 Å². The topological polar surface area (TPSA) is 34.1 Å². The van der Waals surface area contributed by atoms with Gasteiger partial charge in [0.1, 0.15) is 0 Å². The number of hydrogen-bond donors (Lipinski definition) is 0. The molecule has 0 aliphatic heterocycles. The molecule has 1 rings (SSSR count). The van der Waals surface area contributed by atoms with Crippen LogP contribution in [-0.2, 0) is 0 Å². The molecular formula is C12H14O2. The minimum absolute atomic E-state index is 0.0300. The van der Waals surface area contributed by atoms with Crippen LogP contribution in [0.2, 0.25) is 0 Å². The molecule has 0 saturated heterocycles. The molecule has 0 saturated carbocycles. The molecule has 0 aliphatic carbocycles. The molecule has 0 radical (unpaired) electrons. The van der Waals surface area contributed by atoms with Crippen LogP contribution in [0, 0.1) is 0 Å². The third kappa shape index (κ3) is 2.08. The minimum Gasteiger partial charge on any atom is -0.294 e. The Balaban J connectivity index is 3.15. The fourth-order valence-electron chi connectivity index (χ4n) is 1.35. The Labute approximate surface area is 83.9 Å². The third-order valence-corrected chi connectivity index (χ3v) is 2.17. The van der Waals surface area contributed by atoms with E-state index in [9.17, 15) is 9.59 Å². The predicted octanol–water partition coefficient (Wildman–Crippen LogP) is 2.87. The summed E-state index contributed by atoms with van der Waals surface area (Å²) in [6.07, 6.45) is 0.877. The molecule has 0 aliphatic rings. The van der Waals surface area contributed by atoms with Gasteiger partial charge < -0.3 is 0 Å². The number of rotatable bonds is 4. The summed E-state index contributed by atoms with van der Waals surface area (Å²) >= 11 is 0. The second kappa shape index (κ2) is 4.70. The summed E-state index contributed by atoms with van der Waals surface area (Å²) in [6, 6.07) is 7.01. The van der Waals surface area contributed by atoms with Crippen molar-refractivity contribution in [3.8, 4) is 0 Å². The molecule has 2 nitrogen and oxygen atoms in total. The standard InChI is InChI=1S/C12H14O2/c1-3-11(13)9-7-5-6-8-10(9)12(14)4-2/h5-8H,3-4H2,1-2H3. The zero-order valence-electron chi connectivity index (χ0n) is 8.54. The van der Waals surface area contributed by atoms with Gasteiger partial charge in [-0.05, 0) is 0 Å². The molecule has 0 bridgehead atoms. The van der Waals surface area contributed by atoms with Crippen molar-refractivity contribution in [2.24, 2.45) is 0 Å². The van der Waals surface area contributed by atoms with Crippen molar-refractivity contribution in [3.63, 3.8) is 0 Å². The van der Waals surface area contributed by atoms with Crippen LogP contribution in [0.25, 0.3) is 0 Å². The van der Waals surface area contributed by atoms with Crippen LogP contribution in [0.5, 0.6) is 0 Å². The highest BCUT2D eigenvalue weighted by Crippen LogP contribution is 2.13. The van der Waals surface area contributed by atoms with E-state index in [1.165, 1.54) is 0 Å². The summed E-state index contributed by atoms with van der Waals surface area (Å²) < 4.78 is 0. The summed E-state index contributed by atoms with van der Waals surface area (Å²) in [6.45, 7) is 3.60. The van der Waals surface area contributed by atoms with E-state index in [0.29, 0.717) is 24.0 Å². The molecule has 0 N–H and O–H groups in total. The first-order valence-electron chi connectivity index (χ1n) is 4.86. The van der Waals surface area contributed by atoms with Crippen molar-refractivity contribution in [3.05, 3.63) is 35.4 Å². The Morgan fingerprint density at radius 1 is 0.929 bits per heavy atom. The van der Waals surface area contributed by atoms with Gasteiger partial charge in [0.15, 0.2) is 11.6 Å². The largest absolute Gasteiger partial charge is 0.294 e. The van der Waals surface area contributed by atoms with E-state index >= 15 is 0 Å². The van der Waals surface area contributed by atoms with Crippen molar-refractivity contribution < 1.29 is 9.59 Å². The van der Waals surface area contributed by atoms with Gasteiger partial charge in [0.05, 0.1) is 0 Å². The third-order valence-electron chi connectivity index (χ3n) is 2.17. The highest BCUT2D eigenvalue weighted by atomic mass is 16.1. The summed E-state index contributed by atoms with van der Waals surface area (Å²) in [5, 5.41) is 0. The van der Waals surface area contributed by atoms with Crippen LogP contribution < -0.4 is 0 Å². The van der Waals surface area contributed by atoms with Gasteiger partial charge in [-0.3, -0.25) is 9.59 Å². The Hall–Kier alpha value is -1.44. The van der Waals surface area contributed by atoms with E-state index in [0.717, 1.165) is 0 Å². The first kappa shape index (κ1) is 10.6. The molecular weight excluding hydrogens is 176 g/mol. The SMILES string of the molecule is CCC(=O)c1ccccc1C(=O)CC. The fourth-order valence-corrected chi connectivity index (χ4v) is 1.35. The van der Waals surface area contributed by atoms with E-state index in [2.05, 4.69) is 0 Å². The second-order valence-electron chi connectivity index (χ2n) is 3.10. The van der Waals surface area contributed by atoms with Crippen molar-refractivity contribution >= 4 is 11.6 Å². The molecule has 1 aromatic carbocycles. The van der Waals surface area contributed by atoms with Crippen LogP contribution in [0.4, 0.5) is 0 Å². The first-order valence-corrected chi connectivity index (χ1v) is 4.86. The average molecular weight is 190 g/mol. The number of ketones is 2. The zero-order chi connectivity index (χ0) is 10.6. The van der Waals surface area contributed by atoms with Gasteiger partial charge in [-0.2, -0.15) is 0 Å². The van der Waals surface area contributed by atoms with Crippen LogP contribution in [-0.4, -0.2) is 11.6 Å². The molecule has 0 amide bonds. The molecule has 0 aromatic heterocycles. The zero-order valence-corrected chi connectivity index (χ0v) is 8.54. The number of carbonyl (C=O) groups is 2. The maximum atomic E-state index is 11.5. The van der Waals surface area contributed by atoms with Gasteiger partial charge in [-0.15, -0.1) is 0 Å². The molecule has 2 heteroatoms. The van der Waals surface area contributed by atoms with Crippen LogP contribution in [0.1, 0.15) is 47.4 Å². The molecule has 0 atom stereocenters. The van der Waals surface area contributed by atoms with Crippen LogP contribution >= 0.6 is 0 Å². The maximum Gasteiger partial charge on any atom is 0.163 e. The Morgan fingerprint density at radius 3 is 1.57 bits per heavy atom. The predicted molar refractivity (Wildman–Crippen MR) is 55.7 cm³/mol. The maximum absolute atomic E-state index is 11.5. The van der Waals surface area contributed by atoms with Crippen molar-refractivity contribution in [1.82, 2.24) is 0 Å². The van der Waals surface area contributed by atoms with Crippen molar-refractivity contribution in [1.29, 1.82) is 0 Å². The molecule has 0 unspecified atom stereocenters. The Kier molecular flexibility index (Phi) is 3.57. The second-order valence-corrected chi connectivity index (χ2v) is 3.10. The number of carbonyl (C=O) groups excluding carboxylic acids is 2. The molecule has 0 heterocycles. The van der Waals surface area contributed by atoms with E-state index in [1.807, 2.05) is 0 Å². The monoisotopic (exact) mass is 190 g/mol. The van der Waals surface area contributed by atoms with E-state index in [1.54, 1.807) is 38.1 Å². The average Bonchev–Trinajstić information content (AvgIpc) is 2.27. The quantitative estimate of drug-likeness (QED) is 0.684. The normalized spacial score (nSPS) is 9.86. The van der Waals surface area contributed by atoms with Gasteiger partial charge in [-0.25, -0.2) is 0 Å². The molecule has 0 spiro atoms. The lowest BCUT2D eigenvalue weighted by Gasteiger charge is -2.04. The summed E-state index contributed by atoms with van der Waals surface area (Å²) in [5.74, 6) is 0.0600. The van der Waals surface area contributed by atoms with E-state index in [-0.39, 0.29) is 11.6 Å². The van der Waals surface area contributed by atoms with Gasteiger partial charge in [0.2, 0.25) is 0 Å². The number of hydrogen-bond acceptors (Lipinski definition) is 2. The summed E-state index contributed by atoms with van der Waals surface area (Å²) in [5.41, 5.74) is 1.11. The van der Waals surface area contributed by atoms with Crippen molar-refractivity contribution in [2.75, 3.05) is 0 Å². The Morgan fingerprint density at radius 2 is 1.29 bits per heavy atom. The van der Waals surface area contributed by atoms with Crippen LogP contribution in [0.3, 0.4) is 0 Å². The minimum atomic E-state index is 0.0300. The van der Waals surface area contributed by atoms with E-state index < -0.39 is 0 Å². The lowest BCUT2D eigenvalue weighted by molar-refractivity contribution is 0.0955. The summed E-state index contributed by atoms with van der Waals surface area (Å²) in [4.78, 5) is 23.0. The highest BCUT2D eigenvalue weighted by molar-refractivity contribution is 6.08. The van der Waals surface area contributed by atoms with Gasteiger partial charge in [0.25, 0.3) is 0 Å². The van der Waals surface area contributed by atoms with Crippen LogP contribution in [0.15, 0.2) is 24.3 Å².